The van der Waals surface area contributed by atoms with Crippen molar-refractivity contribution in [3.8, 4) is 0 Å². The average molecular weight is 154 g/mol. The minimum atomic E-state index is 0.572. The number of nitrogens with two attached hydrogens (primary N) is 1. The first-order valence-electron chi connectivity index (χ1n) is 4.26. The Morgan fingerprint density at radius 1 is 1.55 bits per heavy atom. The Kier molecular flexibility index (Phi) is 2.21. The molecule has 11 heavy (non-hydrogen) atoms. The molecule has 2 nitrogen and oxygen atoms in total. The van der Waals surface area contributed by atoms with Crippen LogP contribution >= 0.6 is 0 Å². The van der Waals surface area contributed by atoms with E-state index in [1.54, 1.807) is 0 Å². The highest BCUT2D eigenvalue weighted by molar-refractivity contribution is 5.77. The molecule has 0 atom stereocenters. The average Bonchev–Trinajstić information content (AvgIpc) is 1.78. The van der Waals surface area contributed by atoms with Crippen LogP contribution in [0.15, 0.2) is 4.99 Å². The zero-order valence-electron chi connectivity index (χ0n) is 7.72. The summed E-state index contributed by atoms with van der Waals surface area (Å²) in [6.45, 7) is 7.40. The van der Waals surface area contributed by atoms with Gasteiger partial charge >= 0.3 is 0 Å². The molecule has 64 valence electrons. The van der Waals surface area contributed by atoms with E-state index in [1.165, 1.54) is 12.8 Å². The lowest BCUT2D eigenvalue weighted by Crippen LogP contribution is -2.33. The van der Waals surface area contributed by atoms with Crippen LogP contribution in [0.5, 0.6) is 0 Å². The molecular formula is C9H18N2. The Bertz CT molecular complexity index is 158. The van der Waals surface area contributed by atoms with Crippen molar-refractivity contribution in [1.82, 2.24) is 0 Å². The van der Waals surface area contributed by atoms with Crippen LogP contribution < -0.4 is 5.73 Å². The molecule has 0 heterocycles. The molecule has 0 aliphatic heterocycles. The first-order chi connectivity index (χ1) is 4.99. The van der Waals surface area contributed by atoms with Gasteiger partial charge in [0.1, 0.15) is 0 Å². The fourth-order valence-corrected chi connectivity index (χ4v) is 1.91. The molecule has 0 amide bonds. The molecule has 1 aliphatic carbocycles. The molecule has 0 bridgehead atoms. The highest BCUT2D eigenvalue weighted by Crippen LogP contribution is 2.44. The van der Waals surface area contributed by atoms with Crippen molar-refractivity contribution in [3.63, 3.8) is 0 Å². The van der Waals surface area contributed by atoms with Gasteiger partial charge in [-0.3, -0.25) is 4.99 Å². The molecular weight excluding hydrogens is 136 g/mol. The van der Waals surface area contributed by atoms with Gasteiger partial charge in [-0.25, -0.2) is 0 Å². The molecule has 0 unspecified atom stereocenters. The predicted octanol–water partition coefficient (Wildman–Crippen LogP) is 1.80. The first kappa shape index (κ1) is 8.57. The molecule has 0 aromatic heterocycles. The smallest absolute Gasteiger partial charge is 0.0905 e. The van der Waals surface area contributed by atoms with Crippen LogP contribution in [0.3, 0.4) is 0 Å². The Balaban J connectivity index is 2.19. The largest absolute Gasteiger partial charge is 0.388 e. The predicted molar refractivity (Wildman–Crippen MR) is 48.7 cm³/mol. The van der Waals surface area contributed by atoms with Crippen LogP contribution in [0.4, 0.5) is 0 Å². The van der Waals surface area contributed by atoms with Crippen molar-refractivity contribution in [1.29, 1.82) is 0 Å². The third-order valence-electron chi connectivity index (χ3n) is 2.28. The van der Waals surface area contributed by atoms with E-state index in [4.69, 9.17) is 5.73 Å². The van der Waals surface area contributed by atoms with Crippen LogP contribution in [-0.4, -0.2) is 12.4 Å². The van der Waals surface area contributed by atoms with Crippen molar-refractivity contribution >= 4 is 5.84 Å². The number of hydrogen-bond acceptors (Lipinski definition) is 1. The van der Waals surface area contributed by atoms with Crippen molar-refractivity contribution in [2.45, 2.75) is 33.6 Å². The SMILES string of the molecule is CC(N)=NCC1CC(C)(C)C1. The Hall–Kier alpha value is -0.530. The van der Waals surface area contributed by atoms with E-state index < -0.39 is 0 Å². The van der Waals surface area contributed by atoms with Crippen LogP contribution in [0.2, 0.25) is 0 Å². The summed E-state index contributed by atoms with van der Waals surface area (Å²) in [6, 6.07) is 0. The monoisotopic (exact) mass is 154 g/mol. The van der Waals surface area contributed by atoms with Gasteiger partial charge in [0, 0.05) is 6.54 Å². The van der Waals surface area contributed by atoms with E-state index in [9.17, 15) is 0 Å². The normalized spacial score (nSPS) is 24.8. The zero-order chi connectivity index (χ0) is 8.48. The molecule has 0 radical (unpaired) electrons. The van der Waals surface area contributed by atoms with E-state index in [0.29, 0.717) is 5.41 Å². The summed E-state index contributed by atoms with van der Waals surface area (Å²) >= 11 is 0. The minimum Gasteiger partial charge on any atom is -0.388 e. The summed E-state index contributed by atoms with van der Waals surface area (Å²) in [5, 5.41) is 0. The topological polar surface area (TPSA) is 38.4 Å². The number of aliphatic imine (C=N–C) groups is 1. The highest BCUT2D eigenvalue weighted by atomic mass is 14.8. The number of amidine groups is 1. The standard InChI is InChI=1S/C9H18N2/c1-7(10)11-6-8-4-9(2,3)5-8/h8H,4-6H2,1-3H3,(H2,10,11). The second-order valence-corrected chi connectivity index (χ2v) is 4.42. The fourth-order valence-electron chi connectivity index (χ4n) is 1.91. The summed E-state index contributed by atoms with van der Waals surface area (Å²) in [6.07, 6.45) is 2.62. The molecule has 1 rings (SSSR count). The van der Waals surface area contributed by atoms with Gasteiger partial charge in [-0.1, -0.05) is 13.8 Å². The van der Waals surface area contributed by atoms with E-state index in [-0.39, 0.29) is 0 Å². The molecule has 0 aromatic carbocycles. The molecule has 0 saturated heterocycles. The van der Waals surface area contributed by atoms with Gasteiger partial charge in [-0.05, 0) is 31.1 Å². The minimum absolute atomic E-state index is 0.572. The summed E-state index contributed by atoms with van der Waals surface area (Å²) < 4.78 is 0. The van der Waals surface area contributed by atoms with Crippen LogP contribution in [0, 0.1) is 11.3 Å². The van der Waals surface area contributed by atoms with Crippen molar-refractivity contribution in [3.05, 3.63) is 0 Å². The van der Waals surface area contributed by atoms with E-state index in [0.717, 1.165) is 18.3 Å². The Morgan fingerprint density at radius 2 is 2.09 bits per heavy atom. The fraction of sp³-hybridized carbons (Fsp3) is 0.889. The molecule has 2 N–H and O–H groups in total. The summed E-state index contributed by atoms with van der Waals surface area (Å²) in [4.78, 5) is 4.21. The van der Waals surface area contributed by atoms with Gasteiger partial charge in [0.05, 0.1) is 5.84 Å². The van der Waals surface area contributed by atoms with E-state index >= 15 is 0 Å². The lowest BCUT2D eigenvalue weighted by atomic mass is 9.64. The molecule has 0 spiro atoms. The summed E-state index contributed by atoms with van der Waals surface area (Å²) in [5.74, 6) is 1.51. The quantitative estimate of drug-likeness (QED) is 0.478. The Labute approximate surface area is 68.9 Å². The summed E-state index contributed by atoms with van der Waals surface area (Å²) in [7, 11) is 0. The van der Waals surface area contributed by atoms with E-state index in [2.05, 4.69) is 18.8 Å². The first-order valence-corrected chi connectivity index (χ1v) is 4.26. The van der Waals surface area contributed by atoms with Gasteiger partial charge < -0.3 is 5.73 Å². The van der Waals surface area contributed by atoms with Crippen LogP contribution in [0.1, 0.15) is 33.6 Å². The summed E-state index contributed by atoms with van der Waals surface area (Å²) in [5.41, 5.74) is 6.01. The highest BCUT2D eigenvalue weighted by Gasteiger charge is 2.35. The van der Waals surface area contributed by atoms with E-state index in [1.807, 2.05) is 6.92 Å². The van der Waals surface area contributed by atoms with Crippen molar-refractivity contribution in [2.75, 3.05) is 6.54 Å². The lowest BCUT2D eigenvalue weighted by Gasteiger charge is -2.41. The van der Waals surface area contributed by atoms with Gasteiger partial charge in [0.15, 0.2) is 0 Å². The number of rotatable bonds is 2. The van der Waals surface area contributed by atoms with Gasteiger partial charge in [-0.2, -0.15) is 0 Å². The third-order valence-corrected chi connectivity index (χ3v) is 2.28. The molecule has 1 aliphatic rings. The molecule has 1 fully saturated rings. The number of nitrogens with zero attached hydrogens (tertiary/aromatic N) is 1. The molecule has 1 saturated carbocycles. The maximum Gasteiger partial charge on any atom is 0.0905 e. The van der Waals surface area contributed by atoms with Gasteiger partial charge in [0.25, 0.3) is 0 Å². The molecule has 0 aromatic rings. The maximum atomic E-state index is 5.44. The van der Waals surface area contributed by atoms with Crippen molar-refractivity contribution in [2.24, 2.45) is 22.1 Å². The second-order valence-electron chi connectivity index (χ2n) is 4.42. The van der Waals surface area contributed by atoms with Gasteiger partial charge in [0.2, 0.25) is 0 Å². The van der Waals surface area contributed by atoms with Crippen molar-refractivity contribution < 1.29 is 0 Å². The third kappa shape index (κ3) is 2.52. The Morgan fingerprint density at radius 3 is 2.45 bits per heavy atom. The maximum absolute atomic E-state index is 5.44. The van der Waals surface area contributed by atoms with Crippen LogP contribution in [-0.2, 0) is 0 Å². The van der Waals surface area contributed by atoms with Crippen LogP contribution in [0.25, 0.3) is 0 Å². The lowest BCUT2D eigenvalue weighted by molar-refractivity contribution is 0.103. The second kappa shape index (κ2) is 2.84. The molecule has 2 heteroatoms. The zero-order valence-corrected chi connectivity index (χ0v) is 7.72. The van der Waals surface area contributed by atoms with Gasteiger partial charge in [-0.15, -0.1) is 0 Å². The number of hydrogen-bond donors (Lipinski definition) is 1.